The summed E-state index contributed by atoms with van der Waals surface area (Å²) >= 11 is 0. The molecule has 0 bridgehead atoms. The molecule has 0 fully saturated rings. The molecule has 0 atom stereocenters. The Morgan fingerprint density at radius 3 is 1.54 bits per heavy atom. The summed E-state index contributed by atoms with van der Waals surface area (Å²) in [5.41, 5.74) is 21.3. The van der Waals surface area contributed by atoms with Crippen LogP contribution in [0.3, 0.4) is 0 Å². The third-order valence-corrected chi connectivity index (χ3v) is 13.2. The van der Waals surface area contributed by atoms with Gasteiger partial charge in [0.2, 0.25) is 0 Å². The van der Waals surface area contributed by atoms with E-state index < -0.39 is 5.41 Å². The average molecular weight is 726 g/mol. The molecular weight excluding hydrogens is 687 g/mol. The second-order valence-electron chi connectivity index (χ2n) is 16.4. The molecule has 1 spiro atoms. The molecule has 9 aromatic carbocycles. The molecule has 1 nitrogen and oxygen atoms in total. The van der Waals surface area contributed by atoms with Crippen LogP contribution in [0, 0.1) is 0 Å². The van der Waals surface area contributed by atoms with Crippen molar-refractivity contribution >= 4 is 27.8 Å². The van der Waals surface area contributed by atoms with Crippen LogP contribution in [0.25, 0.3) is 55.3 Å². The molecule has 0 N–H and O–H groups in total. The minimum atomic E-state index is -0.445. The summed E-state index contributed by atoms with van der Waals surface area (Å²) in [7, 11) is 0. The lowest BCUT2D eigenvalue weighted by Crippen LogP contribution is -2.26. The predicted molar refractivity (Wildman–Crippen MR) is 238 cm³/mol. The summed E-state index contributed by atoms with van der Waals surface area (Å²) in [6, 6.07) is 74.9. The average Bonchev–Trinajstić information content (AvgIpc) is 3.83. The van der Waals surface area contributed by atoms with E-state index in [2.05, 4.69) is 219 Å². The zero-order valence-corrected chi connectivity index (χ0v) is 32.0. The topological polar surface area (TPSA) is 3.24 Å². The quantitative estimate of drug-likeness (QED) is 0.175. The van der Waals surface area contributed by atoms with E-state index in [9.17, 15) is 0 Å². The highest BCUT2D eigenvalue weighted by atomic mass is 15.1. The number of anilines is 3. The Morgan fingerprint density at radius 1 is 0.368 bits per heavy atom. The fraction of sp³-hybridized carbons (Fsp3) is 0.0714. The Morgan fingerprint density at radius 2 is 0.877 bits per heavy atom. The van der Waals surface area contributed by atoms with Crippen LogP contribution in [0.15, 0.2) is 200 Å². The van der Waals surface area contributed by atoms with E-state index in [0.717, 1.165) is 11.4 Å². The summed E-state index contributed by atoms with van der Waals surface area (Å²) in [6.45, 7) is 4.81. The van der Waals surface area contributed by atoms with E-state index >= 15 is 0 Å². The molecule has 12 rings (SSSR count). The Labute approximate surface area is 334 Å². The van der Waals surface area contributed by atoms with Crippen LogP contribution in [-0.4, -0.2) is 0 Å². The molecule has 0 saturated heterocycles. The van der Waals surface area contributed by atoms with Crippen molar-refractivity contribution in [3.8, 4) is 44.5 Å². The van der Waals surface area contributed by atoms with E-state index in [1.807, 2.05) is 0 Å². The third-order valence-electron chi connectivity index (χ3n) is 13.2. The van der Waals surface area contributed by atoms with Gasteiger partial charge in [-0.05, 0) is 102 Å². The molecule has 1 heteroatoms. The second-order valence-corrected chi connectivity index (χ2v) is 16.4. The van der Waals surface area contributed by atoms with Crippen LogP contribution in [-0.2, 0) is 10.8 Å². The van der Waals surface area contributed by atoms with Crippen molar-refractivity contribution in [1.29, 1.82) is 0 Å². The molecule has 0 heterocycles. The van der Waals surface area contributed by atoms with Gasteiger partial charge in [0.15, 0.2) is 0 Å². The lowest BCUT2D eigenvalue weighted by Gasteiger charge is -2.34. The van der Waals surface area contributed by atoms with E-state index in [1.165, 1.54) is 94.3 Å². The summed E-state index contributed by atoms with van der Waals surface area (Å²) in [5, 5.41) is 2.56. The fourth-order valence-corrected chi connectivity index (χ4v) is 11.0. The first-order valence-electron chi connectivity index (χ1n) is 20.1. The highest BCUT2D eigenvalue weighted by Crippen LogP contribution is 2.64. The minimum Gasteiger partial charge on any atom is -0.309 e. The molecule has 268 valence electrons. The van der Waals surface area contributed by atoms with Gasteiger partial charge in [0, 0.05) is 22.2 Å². The normalized spacial score (nSPS) is 14.4. The molecule has 57 heavy (non-hydrogen) atoms. The highest BCUT2D eigenvalue weighted by Gasteiger charge is 2.52. The standard InChI is InChI=1S/C56H39N/c1-55(2)46-27-13-11-26-45(46)53-52(34-37-20-6-7-22-40(37)54(53)55)57(51-31-17-12-21-39(51)36-18-4-3-5-19-36)38-32-33-44-43-25-10-16-30-49(43)56(50(44)35-38)47-28-14-8-23-41(47)42-24-9-15-29-48(42)56/h3-35H,1-2H3. The summed E-state index contributed by atoms with van der Waals surface area (Å²) < 4.78 is 0. The van der Waals surface area contributed by atoms with E-state index in [-0.39, 0.29) is 5.41 Å². The van der Waals surface area contributed by atoms with Crippen molar-refractivity contribution in [2.45, 2.75) is 24.7 Å². The first-order chi connectivity index (χ1) is 28.1. The lowest BCUT2D eigenvalue weighted by atomic mass is 9.70. The Bertz CT molecular complexity index is 3050. The molecule has 0 radical (unpaired) electrons. The Kier molecular flexibility index (Phi) is 6.67. The number of hydrogen-bond donors (Lipinski definition) is 0. The van der Waals surface area contributed by atoms with Gasteiger partial charge >= 0.3 is 0 Å². The van der Waals surface area contributed by atoms with E-state index in [0.29, 0.717) is 0 Å². The summed E-state index contributed by atoms with van der Waals surface area (Å²) in [4.78, 5) is 2.58. The molecule has 0 unspecified atom stereocenters. The van der Waals surface area contributed by atoms with Crippen molar-refractivity contribution < 1.29 is 0 Å². The largest absolute Gasteiger partial charge is 0.309 e. The summed E-state index contributed by atoms with van der Waals surface area (Å²) in [6.07, 6.45) is 0. The SMILES string of the molecule is CC1(C)c2ccccc2-c2c(N(c3ccc4c(c3)C3(c5ccccc5-c5ccccc53)c3ccccc3-4)c3ccccc3-c3ccccc3)cc3ccccc3c21. The molecule has 0 aliphatic heterocycles. The maximum absolute atomic E-state index is 2.58. The number of fused-ring (bicyclic) bond motifs is 15. The predicted octanol–water partition coefficient (Wildman–Crippen LogP) is 14.6. The monoisotopic (exact) mass is 725 g/mol. The highest BCUT2D eigenvalue weighted by molar-refractivity contribution is 6.07. The molecule has 0 saturated carbocycles. The van der Waals surface area contributed by atoms with Crippen molar-refractivity contribution in [2.24, 2.45) is 0 Å². The van der Waals surface area contributed by atoms with Gasteiger partial charge in [-0.3, -0.25) is 0 Å². The van der Waals surface area contributed by atoms with Gasteiger partial charge in [-0.2, -0.15) is 0 Å². The van der Waals surface area contributed by atoms with Crippen LogP contribution in [0.1, 0.15) is 47.2 Å². The molecule has 9 aromatic rings. The van der Waals surface area contributed by atoms with Crippen molar-refractivity contribution in [2.75, 3.05) is 4.90 Å². The zero-order chi connectivity index (χ0) is 37.9. The zero-order valence-electron chi connectivity index (χ0n) is 32.0. The number of rotatable bonds is 4. The molecule has 0 amide bonds. The van der Waals surface area contributed by atoms with Crippen molar-refractivity contribution in [1.82, 2.24) is 0 Å². The van der Waals surface area contributed by atoms with Gasteiger partial charge in [0.05, 0.1) is 16.8 Å². The molecule has 3 aliphatic carbocycles. The van der Waals surface area contributed by atoms with E-state index in [4.69, 9.17) is 0 Å². The van der Waals surface area contributed by atoms with Gasteiger partial charge in [-0.1, -0.05) is 190 Å². The molecular formula is C56H39N. The number of para-hydroxylation sites is 1. The van der Waals surface area contributed by atoms with E-state index in [1.54, 1.807) is 0 Å². The lowest BCUT2D eigenvalue weighted by molar-refractivity contribution is 0.666. The Balaban J connectivity index is 1.21. The summed E-state index contributed by atoms with van der Waals surface area (Å²) in [5.74, 6) is 0. The molecule has 0 aromatic heterocycles. The van der Waals surface area contributed by atoms with Crippen LogP contribution in [0.2, 0.25) is 0 Å². The van der Waals surface area contributed by atoms with Gasteiger partial charge in [0.1, 0.15) is 0 Å². The second kappa shape index (κ2) is 11.8. The fourth-order valence-electron chi connectivity index (χ4n) is 11.0. The smallest absolute Gasteiger partial charge is 0.0726 e. The first-order valence-corrected chi connectivity index (χ1v) is 20.1. The van der Waals surface area contributed by atoms with Crippen LogP contribution < -0.4 is 4.90 Å². The van der Waals surface area contributed by atoms with Gasteiger partial charge < -0.3 is 4.90 Å². The van der Waals surface area contributed by atoms with Crippen LogP contribution in [0.4, 0.5) is 17.1 Å². The Hall–Kier alpha value is -6.96. The third kappa shape index (κ3) is 4.24. The van der Waals surface area contributed by atoms with Crippen molar-refractivity contribution in [3.05, 3.63) is 234 Å². The van der Waals surface area contributed by atoms with Gasteiger partial charge in [0.25, 0.3) is 0 Å². The maximum Gasteiger partial charge on any atom is 0.0726 e. The van der Waals surface area contributed by atoms with Gasteiger partial charge in [-0.25, -0.2) is 0 Å². The number of nitrogens with zero attached hydrogens (tertiary/aromatic N) is 1. The first kappa shape index (κ1) is 32.3. The van der Waals surface area contributed by atoms with Crippen molar-refractivity contribution in [3.63, 3.8) is 0 Å². The van der Waals surface area contributed by atoms with Gasteiger partial charge in [-0.15, -0.1) is 0 Å². The maximum atomic E-state index is 2.58. The number of hydrogen-bond acceptors (Lipinski definition) is 1. The number of benzene rings is 9. The molecule has 3 aliphatic rings. The van der Waals surface area contributed by atoms with Crippen LogP contribution in [0.5, 0.6) is 0 Å². The van der Waals surface area contributed by atoms with Crippen LogP contribution >= 0.6 is 0 Å². The minimum absolute atomic E-state index is 0.187.